The van der Waals surface area contributed by atoms with Crippen molar-refractivity contribution in [3.05, 3.63) is 83.0 Å². The van der Waals surface area contributed by atoms with Crippen LogP contribution in [0.15, 0.2) is 71.8 Å². The summed E-state index contributed by atoms with van der Waals surface area (Å²) < 4.78 is 38.4. The molecule has 0 aliphatic rings. The van der Waals surface area contributed by atoms with Crippen LogP contribution in [0.25, 0.3) is 0 Å². The van der Waals surface area contributed by atoms with E-state index in [0.717, 1.165) is 36.2 Å². The highest BCUT2D eigenvalue weighted by Gasteiger charge is 2.29. The highest BCUT2D eigenvalue weighted by molar-refractivity contribution is 5.56. The molecule has 2 aromatic carbocycles. The van der Waals surface area contributed by atoms with Crippen LogP contribution >= 0.6 is 0 Å². The molecule has 2 rings (SSSR count). The number of rotatable bonds is 8. The van der Waals surface area contributed by atoms with Gasteiger partial charge in [-0.2, -0.15) is 13.2 Å². The Morgan fingerprint density at radius 1 is 0.931 bits per heavy atom. The monoisotopic (exact) mass is 402 g/mol. The molecule has 2 nitrogen and oxygen atoms in total. The van der Waals surface area contributed by atoms with Crippen molar-refractivity contribution < 1.29 is 13.2 Å². The van der Waals surface area contributed by atoms with Crippen molar-refractivity contribution in [3.8, 4) is 0 Å². The molecule has 0 unspecified atom stereocenters. The van der Waals surface area contributed by atoms with Crippen molar-refractivity contribution in [2.75, 3.05) is 17.0 Å². The van der Waals surface area contributed by atoms with Gasteiger partial charge in [0.05, 0.1) is 23.5 Å². The fourth-order valence-electron chi connectivity index (χ4n) is 2.77. The molecular formula is C24H29F3N2. The molecule has 2 aromatic rings. The maximum absolute atomic E-state index is 12.8. The summed E-state index contributed by atoms with van der Waals surface area (Å²) in [6, 6.07) is 13.1. The number of alkyl halides is 3. The van der Waals surface area contributed by atoms with Gasteiger partial charge in [0, 0.05) is 0 Å². The second-order valence-electron chi connectivity index (χ2n) is 7.50. The molecule has 0 heterocycles. The van der Waals surface area contributed by atoms with E-state index in [4.69, 9.17) is 0 Å². The summed E-state index contributed by atoms with van der Waals surface area (Å²) >= 11 is 0. The first-order valence-electron chi connectivity index (χ1n) is 9.72. The Hall–Kier alpha value is -2.69. The molecule has 5 heteroatoms. The molecule has 0 spiro atoms. The zero-order valence-electron chi connectivity index (χ0n) is 17.5. The molecule has 1 N–H and O–H groups in total. The second-order valence-corrected chi connectivity index (χ2v) is 7.50. The van der Waals surface area contributed by atoms with Crippen molar-refractivity contribution in [1.29, 1.82) is 0 Å². The number of nitrogens with zero attached hydrogens (tertiary/aromatic N) is 1. The molecule has 0 saturated carbocycles. The third kappa shape index (κ3) is 7.68. The lowest BCUT2D eigenvalue weighted by atomic mass is 10.1. The number of aryl methyl sites for hydroxylation is 1. The van der Waals surface area contributed by atoms with Crippen LogP contribution in [0.1, 0.15) is 44.7 Å². The first kappa shape index (κ1) is 22.6. The van der Waals surface area contributed by atoms with E-state index in [-0.39, 0.29) is 0 Å². The Kier molecular flexibility index (Phi) is 7.94. The third-order valence-corrected chi connectivity index (χ3v) is 4.54. The van der Waals surface area contributed by atoms with E-state index in [2.05, 4.69) is 38.3 Å². The minimum atomic E-state index is -4.33. The van der Waals surface area contributed by atoms with Crippen LogP contribution in [0, 0.1) is 6.92 Å². The Morgan fingerprint density at radius 2 is 1.55 bits per heavy atom. The van der Waals surface area contributed by atoms with Crippen molar-refractivity contribution in [2.45, 2.75) is 46.7 Å². The predicted molar refractivity (Wildman–Crippen MR) is 116 cm³/mol. The van der Waals surface area contributed by atoms with Crippen molar-refractivity contribution in [1.82, 2.24) is 0 Å². The van der Waals surface area contributed by atoms with Crippen molar-refractivity contribution in [2.24, 2.45) is 0 Å². The smallest absolute Gasteiger partial charge is 0.298 e. The van der Waals surface area contributed by atoms with Gasteiger partial charge >= 0.3 is 6.18 Å². The summed E-state index contributed by atoms with van der Waals surface area (Å²) in [5.41, 5.74) is 7.86. The van der Waals surface area contributed by atoms with Gasteiger partial charge in [-0.05, 0) is 76.9 Å². The summed E-state index contributed by atoms with van der Waals surface area (Å²) in [5, 5.41) is 1.94. The summed E-state index contributed by atoms with van der Waals surface area (Å²) in [5.74, 6) is 0. The molecule has 0 bridgehead atoms. The summed E-state index contributed by atoms with van der Waals surface area (Å²) in [6.07, 6.45) is 2.01. The van der Waals surface area contributed by atoms with E-state index in [1.54, 1.807) is 0 Å². The van der Waals surface area contributed by atoms with Crippen LogP contribution in [-0.4, -0.2) is 6.54 Å². The van der Waals surface area contributed by atoms with Gasteiger partial charge in [-0.25, -0.2) is 0 Å². The zero-order valence-corrected chi connectivity index (χ0v) is 17.5. The lowest BCUT2D eigenvalue weighted by Crippen LogP contribution is -2.30. The predicted octanol–water partition coefficient (Wildman–Crippen LogP) is 7.54. The third-order valence-electron chi connectivity index (χ3n) is 4.54. The first-order chi connectivity index (χ1) is 13.6. The largest absolute Gasteiger partial charge is 0.416 e. The number of nitrogens with one attached hydrogen (secondary N) is 1. The molecule has 0 aromatic heterocycles. The van der Waals surface area contributed by atoms with E-state index in [1.165, 1.54) is 23.3 Å². The topological polar surface area (TPSA) is 15.3 Å². The number of hydrogen-bond acceptors (Lipinski definition) is 2. The van der Waals surface area contributed by atoms with Gasteiger partial charge in [0.15, 0.2) is 0 Å². The molecule has 0 atom stereocenters. The van der Waals surface area contributed by atoms with Gasteiger partial charge < -0.3 is 0 Å². The minimum Gasteiger partial charge on any atom is -0.298 e. The minimum absolute atomic E-state index is 0.602. The summed E-state index contributed by atoms with van der Waals surface area (Å²) in [4.78, 5) is 0. The lowest BCUT2D eigenvalue weighted by Gasteiger charge is -2.26. The van der Waals surface area contributed by atoms with E-state index in [1.807, 2.05) is 36.2 Å². The highest BCUT2D eigenvalue weighted by Crippen LogP contribution is 2.30. The molecule has 0 aliphatic carbocycles. The van der Waals surface area contributed by atoms with Crippen LogP contribution in [0.2, 0.25) is 0 Å². The molecule has 0 aliphatic heterocycles. The van der Waals surface area contributed by atoms with E-state index >= 15 is 0 Å². The fourth-order valence-corrected chi connectivity index (χ4v) is 2.77. The quantitative estimate of drug-likeness (QED) is 0.362. The normalized spacial score (nSPS) is 11.9. The maximum atomic E-state index is 12.8. The summed E-state index contributed by atoms with van der Waals surface area (Å²) in [7, 11) is 0. The van der Waals surface area contributed by atoms with E-state index in [9.17, 15) is 13.2 Å². The van der Waals surface area contributed by atoms with Gasteiger partial charge in [0.25, 0.3) is 0 Å². The number of anilines is 2. The van der Waals surface area contributed by atoms with Crippen LogP contribution in [-0.2, 0) is 6.18 Å². The number of benzene rings is 2. The van der Waals surface area contributed by atoms with Crippen LogP contribution in [0.3, 0.4) is 0 Å². The Balaban J connectivity index is 2.15. The number of halogens is 3. The van der Waals surface area contributed by atoms with Crippen molar-refractivity contribution in [3.63, 3.8) is 0 Å². The zero-order chi connectivity index (χ0) is 21.4. The average molecular weight is 403 g/mol. The van der Waals surface area contributed by atoms with Gasteiger partial charge in [-0.15, -0.1) is 0 Å². The average Bonchev–Trinajstić information content (AvgIpc) is 2.65. The first-order valence-corrected chi connectivity index (χ1v) is 9.72. The number of allylic oxidation sites excluding steroid dienone is 3. The standard InChI is InChI=1S/C24H29F3N2/c1-18(2)6-5-7-19(3)16-17-29(23-14-8-20(4)9-15-23)28-22-12-10-21(11-13-22)24(25,26)27/h6,8-16,28H,5,7,17H2,1-4H3/b19-16+. The molecular weight excluding hydrogens is 373 g/mol. The number of hydrogen-bond donors (Lipinski definition) is 1. The fraction of sp³-hybridized carbons (Fsp3) is 0.333. The van der Waals surface area contributed by atoms with Crippen LogP contribution in [0.5, 0.6) is 0 Å². The molecule has 29 heavy (non-hydrogen) atoms. The van der Waals surface area contributed by atoms with Gasteiger partial charge in [-0.3, -0.25) is 10.4 Å². The summed E-state index contributed by atoms with van der Waals surface area (Å²) in [6.45, 7) is 8.90. The molecule has 0 radical (unpaired) electrons. The second kappa shape index (κ2) is 10.2. The molecule has 156 valence electrons. The Morgan fingerprint density at radius 3 is 2.10 bits per heavy atom. The van der Waals surface area contributed by atoms with Crippen molar-refractivity contribution >= 4 is 11.4 Å². The van der Waals surface area contributed by atoms with Gasteiger partial charge in [-0.1, -0.05) is 41.0 Å². The molecule has 0 saturated heterocycles. The SMILES string of the molecule is CC(C)=CCC/C(C)=C/CN(Nc1ccc(C(F)(F)F)cc1)c1ccc(C)cc1. The maximum Gasteiger partial charge on any atom is 0.416 e. The van der Waals surface area contributed by atoms with Gasteiger partial charge in [0.2, 0.25) is 0 Å². The van der Waals surface area contributed by atoms with Gasteiger partial charge in [0.1, 0.15) is 0 Å². The highest BCUT2D eigenvalue weighted by atomic mass is 19.4. The van der Waals surface area contributed by atoms with E-state index in [0.29, 0.717) is 12.2 Å². The molecule has 0 fully saturated rings. The van der Waals surface area contributed by atoms with Crippen LogP contribution < -0.4 is 10.4 Å². The van der Waals surface area contributed by atoms with Crippen LogP contribution in [0.4, 0.5) is 24.5 Å². The molecule has 0 amide bonds. The number of hydrazine groups is 1. The lowest BCUT2D eigenvalue weighted by molar-refractivity contribution is -0.137. The Labute approximate surface area is 171 Å². The Bertz CT molecular complexity index is 828. The van der Waals surface area contributed by atoms with E-state index < -0.39 is 11.7 Å².